The number of halogens is 3. The number of carbonyl (C=O) groups is 3. The van der Waals surface area contributed by atoms with Crippen LogP contribution in [0.2, 0.25) is 5.02 Å². The van der Waals surface area contributed by atoms with Crippen molar-refractivity contribution in [3.05, 3.63) is 64.6 Å². The molecule has 0 bridgehead atoms. The predicted octanol–water partition coefficient (Wildman–Crippen LogP) is 1.99. The van der Waals surface area contributed by atoms with E-state index in [1.165, 1.54) is 48.1 Å². The van der Waals surface area contributed by atoms with Crippen molar-refractivity contribution in [2.24, 2.45) is 7.05 Å². The highest BCUT2D eigenvalue weighted by Crippen LogP contribution is 2.30. The lowest BCUT2D eigenvalue weighted by Crippen LogP contribution is -2.38. The van der Waals surface area contributed by atoms with Crippen LogP contribution in [0.15, 0.2) is 36.5 Å². The minimum absolute atomic E-state index is 0.0807. The number of hydrogen-bond acceptors (Lipinski definition) is 8. The molecule has 0 saturated heterocycles. The van der Waals surface area contributed by atoms with Crippen LogP contribution < -0.4 is 20.5 Å². The molecule has 2 amide bonds. The van der Waals surface area contributed by atoms with Crippen LogP contribution >= 0.6 is 11.6 Å². The molecule has 1 aromatic heterocycles. The Kier molecular flexibility index (Phi) is 13.0. The summed E-state index contributed by atoms with van der Waals surface area (Å²) in [5.74, 6) is -3.97. The minimum Gasteiger partial charge on any atom is -0.554 e. The monoisotopic (exact) mass is 620 g/mol. The van der Waals surface area contributed by atoms with Gasteiger partial charge in [-0.15, -0.1) is 0 Å². The van der Waals surface area contributed by atoms with Gasteiger partial charge in [0, 0.05) is 31.3 Å². The largest absolute Gasteiger partial charge is 0.554 e. The number of nitriles is 1. The number of imidazole rings is 1. The van der Waals surface area contributed by atoms with Crippen molar-refractivity contribution in [3.8, 4) is 23.1 Å². The van der Waals surface area contributed by atoms with E-state index in [-0.39, 0.29) is 33.6 Å². The number of ether oxygens (including phenoxy) is 2. The summed E-state index contributed by atoms with van der Waals surface area (Å²) in [7, 11) is 7.66. The predicted molar refractivity (Wildman–Crippen MR) is 151 cm³/mol. The molecule has 230 valence electrons. The van der Waals surface area contributed by atoms with Gasteiger partial charge in [0.2, 0.25) is 5.82 Å². The van der Waals surface area contributed by atoms with Crippen LogP contribution in [0.3, 0.4) is 0 Å². The summed E-state index contributed by atoms with van der Waals surface area (Å²) in [6, 6.07) is 8.55. The van der Waals surface area contributed by atoms with E-state index in [1.807, 2.05) is 0 Å². The Balaban J connectivity index is 0.00000206. The topological polar surface area (TPSA) is 158 Å². The lowest BCUT2D eigenvalue weighted by atomic mass is 10.1. The van der Waals surface area contributed by atoms with E-state index >= 15 is 0 Å². The van der Waals surface area contributed by atoms with E-state index in [1.54, 1.807) is 6.07 Å². The van der Waals surface area contributed by atoms with Gasteiger partial charge in [0.15, 0.2) is 24.0 Å². The number of benzene rings is 2. The van der Waals surface area contributed by atoms with E-state index in [4.69, 9.17) is 36.2 Å². The van der Waals surface area contributed by atoms with Gasteiger partial charge in [-0.05, 0) is 30.3 Å². The molecule has 2 N–H and O–H groups in total. The number of hydrogen-bond donors (Lipinski definition) is 2. The maximum atomic E-state index is 14.7. The highest BCUT2D eigenvalue weighted by Gasteiger charge is 2.22. The van der Waals surface area contributed by atoms with Gasteiger partial charge in [-0.2, -0.15) is 9.65 Å². The fourth-order valence-electron chi connectivity index (χ4n) is 3.56. The number of rotatable bonds is 12. The van der Waals surface area contributed by atoms with E-state index in [0.29, 0.717) is 25.4 Å². The summed E-state index contributed by atoms with van der Waals surface area (Å²) in [4.78, 5) is 37.7. The molecule has 12 nitrogen and oxygen atoms in total. The Morgan fingerprint density at radius 3 is 2.49 bits per heavy atom. The van der Waals surface area contributed by atoms with Crippen LogP contribution in [0.5, 0.6) is 5.75 Å². The van der Waals surface area contributed by atoms with Crippen LogP contribution in [-0.2, 0) is 16.6 Å². The summed E-state index contributed by atoms with van der Waals surface area (Å²) >= 11 is 6.29. The average molecular weight is 621 g/mol. The van der Waals surface area contributed by atoms with E-state index in [2.05, 4.69) is 36.8 Å². The highest BCUT2D eigenvalue weighted by atomic mass is 35.5. The normalized spacial score (nSPS) is 10.7. The van der Waals surface area contributed by atoms with Crippen molar-refractivity contribution >= 4 is 35.6 Å². The van der Waals surface area contributed by atoms with Gasteiger partial charge in [-0.1, -0.05) is 11.6 Å². The van der Waals surface area contributed by atoms with Gasteiger partial charge in [0.1, 0.15) is 12.6 Å². The molecule has 0 aliphatic carbocycles. The molecule has 3 rings (SSSR count). The van der Waals surface area contributed by atoms with Crippen LogP contribution in [0.25, 0.3) is 11.3 Å². The van der Waals surface area contributed by atoms with E-state index < -0.39 is 36.4 Å². The molecule has 0 atom stereocenters. The summed E-state index contributed by atoms with van der Waals surface area (Å²) in [5.41, 5.74) is 0.522. The third-order valence-corrected chi connectivity index (χ3v) is 6.03. The number of quaternary nitrogens is 1. The third-order valence-electron chi connectivity index (χ3n) is 5.72. The molecular weight excluding hydrogens is 590 g/mol. The summed E-state index contributed by atoms with van der Waals surface area (Å²) in [5, 5.41) is 22.3. The van der Waals surface area contributed by atoms with E-state index in [0.717, 1.165) is 11.0 Å². The van der Waals surface area contributed by atoms with Gasteiger partial charge in [-0.25, -0.2) is 9.37 Å². The first kappa shape index (κ1) is 34.6. The van der Waals surface area contributed by atoms with Crippen molar-refractivity contribution in [2.75, 3.05) is 59.4 Å². The first-order valence-corrected chi connectivity index (χ1v) is 13.0. The fourth-order valence-corrected chi connectivity index (χ4v) is 3.82. The number of aromatic nitrogens is 2. The smallest absolute Gasteiger partial charge is 0.291 e. The Morgan fingerprint density at radius 2 is 1.86 bits per heavy atom. The van der Waals surface area contributed by atoms with Crippen molar-refractivity contribution in [2.45, 2.75) is 0 Å². The minimum atomic E-state index is -1.26. The zero-order valence-corrected chi connectivity index (χ0v) is 24.7. The summed E-state index contributed by atoms with van der Waals surface area (Å²) in [6.07, 6.45) is 1.23. The summed E-state index contributed by atoms with van der Waals surface area (Å²) < 4.78 is 41.5. The lowest BCUT2D eigenvalue weighted by Gasteiger charge is -2.23. The zero-order chi connectivity index (χ0) is 32.2. The number of likely N-dealkylation sites (N-methyl/N-ethyl adjacent to an activating group) is 1. The molecule has 0 unspecified atom stereocenters. The number of amides is 2. The standard InChI is InChI=1S/C27H29ClF2N6O4.CH2O2/c1-35-21(19-7-8-22(40-12-9-31)24(30)23(19)29)16-33-25(35)27(38)34-17-5-6-18(20(28)15-17)26(37)32-10-13-39-14-11-36(2,3)4;2-1-3/h5-8,15-16H,10-14H2,1-4H3,(H-,32,34,37,38);1H,(H,2,3). The number of nitrogens with zero attached hydrogens (tertiary/aromatic N) is 4. The second kappa shape index (κ2) is 16.2. The Bertz CT molecular complexity index is 1490. The van der Waals surface area contributed by atoms with Gasteiger partial charge < -0.3 is 39.1 Å². The summed E-state index contributed by atoms with van der Waals surface area (Å²) in [6.45, 7) is 1.15. The van der Waals surface area contributed by atoms with Crippen molar-refractivity contribution in [1.82, 2.24) is 14.9 Å². The van der Waals surface area contributed by atoms with Crippen LogP contribution in [0, 0.1) is 23.0 Å². The first-order valence-electron chi connectivity index (χ1n) is 12.7. The molecule has 0 fully saturated rings. The molecule has 0 saturated carbocycles. The molecule has 2 aromatic carbocycles. The molecule has 43 heavy (non-hydrogen) atoms. The highest BCUT2D eigenvalue weighted by molar-refractivity contribution is 6.34. The van der Waals surface area contributed by atoms with Gasteiger partial charge >= 0.3 is 0 Å². The first-order chi connectivity index (χ1) is 20.3. The molecule has 15 heteroatoms. The Labute approximate surface area is 252 Å². The average Bonchev–Trinajstić information content (AvgIpc) is 3.32. The maximum absolute atomic E-state index is 14.7. The van der Waals surface area contributed by atoms with Gasteiger partial charge in [0.05, 0.1) is 56.8 Å². The molecular formula is C28H31ClF2N6O6. The van der Waals surface area contributed by atoms with Gasteiger partial charge in [-0.3, -0.25) is 9.59 Å². The number of carbonyl (C=O) groups excluding carboxylic acids is 3. The molecule has 0 aliphatic rings. The SMILES string of the molecule is Cn1c(-c2ccc(OCC#N)c(F)c2F)cnc1C(=O)Nc1ccc(C(=O)NCCOCC[N+](C)(C)C)c(Cl)c1.O=C[O-]. The number of carboxylic acid groups (broad SMARTS) is 1. The molecule has 3 aromatic rings. The molecule has 0 spiro atoms. The lowest BCUT2D eigenvalue weighted by molar-refractivity contribution is -0.870. The Morgan fingerprint density at radius 1 is 1.16 bits per heavy atom. The quantitative estimate of drug-likeness (QED) is 0.177. The second-order valence-corrected chi connectivity index (χ2v) is 10.2. The van der Waals surface area contributed by atoms with Crippen LogP contribution in [0.1, 0.15) is 21.0 Å². The molecule has 0 radical (unpaired) electrons. The van der Waals surface area contributed by atoms with E-state index in [9.17, 15) is 18.4 Å². The molecule has 0 aliphatic heterocycles. The van der Waals surface area contributed by atoms with Crippen LogP contribution in [-0.4, -0.2) is 86.4 Å². The van der Waals surface area contributed by atoms with Crippen LogP contribution in [0.4, 0.5) is 14.5 Å². The van der Waals surface area contributed by atoms with Crippen molar-refractivity contribution in [3.63, 3.8) is 0 Å². The van der Waals surface area contributed by atoms with Crippen molar-refractivity contribution < 1.29 is 42.2 Å². The number of nitrogens with one attached hydrogen (secondary N) is 2. The Hall–Kier alpha value is -4.58. The zero-order valence-electron chi connectivity index (χ0n) is 23.9. The third kappa shape index (κ3) is 10.0. The maximum Gasteiger partial charge on any atom is 0.291 e. The fraction of sp³-hybridized carbons (Fsp3) is 0.321. The molecule has 1 heterocycles. The van der Waals surface area contributed by atoms with Crippen molar-refractivity contribution in [1.29, 1.82) is 5.26 Å². The second-order valence-electron chi connectivity index (χ2n) is 9.84. The number of anilines is 1. The van der Waals surface area contributed by atoms with Gasteiger partial charge in [0.25, 0.3) is 11.8 Å².